The SMILES string of the molecule is O=C1OC(=O)C([P+](c2ccccc2)(c2ccccc2)c2ccccc2)[CH-]C1[P+](c1ccccc1)(c1ccccc1)c1ccccc1. The summed E-state index contributed by atoms with van der Waals surface area (Å²) < 4.78 is 6.00. The average molecular weight is 636 g/mol. The molecule has 0 spiro atoms. The smallest absolute Gasteiger partial charge is 0.324 e. The van der Waals surface area contributed by atoms with Crippen molar-refractivity contribution in [1.82, 2.24) is 0 Å². The molecule has 1 fully saturated rings. The third-order valence-corrected chi connectivity index (χ3v) is 18.0. The molecule has 7 rings (SSSR count). The van der Waals surface area contributed by atoms with Crippen molar-refractivity contribution in [2.75, 3.05) is 0 Å². The molecule has 6 aromatic rings. The Bertz CT molecular complexity index is 1580. The van der Waals surface area contributed by atoms with Crippen LogP contribution < -0.4 is 31.8 Å². The van der Waals surface area contributed by atoms with E-state index in [0.29, 0.717) is 0 Å². The average Bonchev–Trinajstić information content (AvgIpc) is 3.13. The fourth-order valence-electron chi connectivity index (χ4n) is 6.96. The van der Waals surface area contributed by atoms with Gasteiger partial charge in [-0.2, -0.15) is 0 Å². The lowest BCUT2D eigenvalue weighted by atomic mass is 10.2. The molecule has 1 aliphatic heterocycles. The number of carbonyl (C=O) groups is 2. The number of ether oxygens (including phenoxy) is 1. The van der Waals surface area contributed by atoms with Gasteiger partial charge in [-0.15, -0.1) is 0 Å². The number of carbonyl (C=O) groups excluding carboxylic acids is 2. The molecule has 0 N–H and O–H groups in total. The highest BCUT2D eigenvalue weighted by Crippen LogP contribution is 2.67. The zero-order valence-electron chi connectivity index (χ0n) is 25.2. The van der Waals surface area contributed by atoms with Crippen LogP contribution >= 0.6 is 14.5 Å². The van der Waals surface area contributed by atoms with E-state index in [0.717, 1.165) is 31.8 Å². The van der Waals surface area contributed by atoms with E-state index in [2.05, 4.69) is 79.2 Å². The summed E-state index contributed by atoms with van der Waals surface area (Å²) in [5.41, 5.74) is -1.42. The van der Waals surface area contributed by atoms with Crippen molar-refractivity contribution in [1.29, 1.82) is 0 Å². The van der Waals surface area contributed by atoms with Gasteiger partial charge in [0.25, 0.3) is 0 Å². The number of rotatable bonds is 8. The van der Waals surface area contributed by atoms with Crippen molar-refractivity contribution < 1.29 is 14.3 Å². The molecule has 1 heterocycles. The van der Waals surface area contributed by atoms with Crippen LogP contribution in [0.4, 0.5) is 0 Å². The minimum absolute atomic E-state index is 0.501. The molecule has 46 heavy (non-hydrogen) atoms. The second kappa shape index (κ2) is 13.0. The molecule has 224 valence electrons. The zero-order valence-corrected chi connectivity index (χ0v) is 27.0. The van der Waals surface area contributed by atoms with Crippen molar-refractivity contribution in [2.24, 2.45) is 0 Å². The molecule has 0 aliphatic carbocycles. The summed E-state index contributed by atoms with van der Waals surface area (Å²) >= 11 is 0. The zero-order chi connectivity index (χ0) is 31.4. The Morgan fingerprint density at radius 2 is 0.543 bits per heavy atom. The van der Waals surface area contributed by atoms with Crippen LogP contribution in [0.5, 0.6) is 0 Å². The van der Waals surface area contributed by atoms with Gasteiger partial charge < -0.3 is 4.74 Å². The van der Waals surface area contributed by atoms with Crippen molar-refractivity contribution in [3.05, 3.63) is 188 Å². The predicted molar refractivity (Wildman–Crippen MR) is 193 cm³/mol. The summed E-state index contributed by atoms with van der Waals surface area (Å²) in [7, 11) is -5.51. The Morgan fingerprint density at radius 3 is 0.739 bits per heavy atom. The molecular formula is C41H33O3P2+. The normalized spacial score (nSPS) is 16.9. The van der Waals surface area contributed by atoms with E-state index in [1.807, 2.05) is 109 Å². The van der Waals surface area contributed by atoms with Gasteiger partial charge in [-0.05, 0) is 72.8 Å². The lowest BCUT2D eigenvalue weighted by Gasteiger charge is -2.46. The van der Waals surface area contributed by atoms with Crippen molar-refractivity contribution in [3.8, 4) is 0 Å². The van der Waals surface area contributed by atoms with E-state index in [9.17, 15) is 9.59 Å². The van der Waals surface area contributed by atoms with Crippen LogP contribution in [0.25, 0.3) is 0 Å². The topological polar surface area (TPSA) is 43.4 Å². The Hall–Kier alpha value is -4.68. The number of hydrogen-bond acceptors (Lipinski definition) is 3. The highest BCUT2D eigenvalue weighted by molar-refractivity contribution is 7.98. The second-order valence-electron chi connectivity index (χ2n) is 11.3. The van der Waals surface area contributed by atoms with Crippen molar-refractivity contribution in [2.45, 2.75) is 11.3 Å². The van der Waals surface area contributed by atoms with Crippen molar-refractivity contribution >= 4 is 58.3 Å². The summed E-state index contributed by atoms with van der Waals surface area (Å²) in [6, 6.07) is 61.8. The molecule has 0 bridgehead atoms. The van der Waals surface area contributed by atoms with Crippen LogP contribution in [0.15, 0.2) is 182 Å². The third kappa shape index (κ3) is 5.01. The highest BCUT2D eigenvalue weighted by atomic mass is 31.2. The quantitative estimate of drug-likeness (QED) is 0.0893. The number of esters is 2. The molecule has 6 aromatic carbocycles. The lowest BCUT2D eigenvalue weighted by molar-refractivity contribution is -0.160. The maximum absolute atomic E-state index is 14.4. The van der Waals surface area contributed by atoms with E-state index >= 15 is 0 Å². The first-order valence-electron chi connectivity index (χ1n) is 15.4. The Labute approximate surface area is 271 Å². The third-order valence-electron chi connectivity index (χ3n) is 8.86. The van der Waals surface area contributed by atoms with Gasteiger partial charge in [-0.25, -0.2) is 6.42 Å². The molecule has 0 aromatic heterocycles. The molecule has 0 amide bonds. The van der Waals surface area contributed by atoms with Gasteiger partial charge in [0, 0.05) is 0 Å². The second-order valence-corrected chi connectivity index (χ2v) is 18.4. The Morgan fingerprint density at radius 1 is 0.348 bits per heavy atom. The summed E-state index contributed by atoms with van der Waals surface area (Å²) in [4.78, 5) is 28.8. The van der Waals surface area contributed by atoms with E-state index in [4.69, 9.17) is 4.74 Å². The summed E-state index contributed by atoms with van der Waals surface area (Å²) in [6.45, 7) is 0. The number of cyclic esters (lactones) is 2. The minimum atomic E-state index is -2.76. The monoisotopic (exact) mass is 635 g/mol. The van der Waals surface area contributed by atoms with Gasteiger partial charge in [-0.3, -0.25) is 9.59 Å². The van der Waals surface area contributed by atoms with Crippen LogP contribution in [0.2, 0.25) is 0 Å². The van der Waals surface area contributed by atoms with E-state index in [1.165, 1.54) is 0 Å². The van der Waals surface area contributed by atoms with E-state index < -0.39 is 37.8 Å². The predicted octanol–water partition coefficient (Wildman–Crippen LogP) is 6.00. The van der Waals surface area contributed by atoms with E-state index in [-0.39, 0.29) is 0 Å². The fraction of sp³-hybridized carbons (Fsp3) is 0.0488. The number of hydrogen-bond donors (Lipinski definition) is 0. The van der Waals surface area contributed by atoms with Gasteiger partial charge >= 0.3 is 11.9 Å². The summed E-state index contributed by atoms with van der Waals surface area (Å²) in [6.07, 6.45) is 2.08. The van der Waals surface area contributed by atoms with Crippen LogP contribution in [-0.2, 0) is 14.3 Å². The van der Waals surface area contributed by atoms with Gasteiger partial charge in [0.2, 0.25) is 0 Å². The van der Waals surface area contributed by atoms with Gasteiger partial charge in [0.15, 0.2) is 0 Å². The highest BCUT2D eigenvalue weighted by Gasteiger charge is 2.61. The van der Waals surface area contributed by atoms with Crippen LogP contribution in [0.3, 0.4) is 0 Å². The molecular weight excluding hydrogens is 602 g/mol. The molecule has 0 radical (unpaired) electrons. The van der Waals surface area contributed by atoms with Gasteiger partial charge in [0.05, 0.1) is 25.8 Å². The van der Waals surface area contributed by atoms with Gasteiger partial charge in [-0.1, -0.05) is 109 Å². The lowest BCUT2D eigenvalue weighted by Crippen LogP contribution is -2.54. The first-order valence-corrected chi connectivity index (χ1v) is 19.1. The molecule has 1 aliphatic rings. The fourth-order valence-corrected chi connectivity index (χ4v) is 16.3. The Kier molecular flexibility index (Phi) is 8.46. The molecule has 5 heteroatoms. The molecule has 0 saturated carbocycles. The van der Waals surface area contributed by atoms with Gasteiger partial charge in [0.1, 0.15) is 31.8 Å². The first kappa shape index (κ1) is 30.0. The molecule has 1 saturated heterocycles. The molecule has 2 unspecified atom stereocenters. The molecule has 3 nitrogen and oxygen atoms in total. The van der Waals surface area contributed by atoms with Crippen LogP contribution in [0, 0.1) is 6.42 Å². The summed E-state index contributed by atoms with van der Waals surface area (Å²) in [5, 5.41) is 6.34. The van der Waals surface area contributed by atoms with E-state index in [1.54, 1.807) is 0 Å². The molecule has 2 atom stereocenters. The van der Waals surface area contributed by atoms with Crippen LogP contribution in [0.1, 0.15) is 0 Å². The van der Waals surface area contributed by atoms with Crippen LogP contribution in [-0.4, -0.2) is 23.3 Å². The summed E-state index contributed by atoms with van der Waals surface area (Å²) in [5.74, 6) is -1.00. The largest absolute Gasteiger partial charge is 0.391 e. The van der Waals surface area contributed by atoms with Crippen molar-refractivity contribution in [3.63, 3.8) is 0 Å². The maximum atomic E-state index is 14.4. The minimum Gasteiger partial charge on any atom is -0.391 e. The number of benzene rings is 6. The maximum Gasteiger partial charge on any atom is 0.324 e. The standard InChI is InChI=1S/C41H33O3P2/c42-40-38(45(32-19-7-1-8-20-32,33-21-9-2-10-22-33)34-23-11-3-12-24-34)31-39(41(43)44-40)46(35-25-13-4-14-26-35,36-27-15-5-16-28-36)37-29-17-6-18-30-37/h1-31,38-39H/q+1. The Balaban J connectivity index is 1.54. The first-order chi connectivity index (χ1) is 22.7.